The average molecular weight is 513 g/mol. The first-order chi connectivity index (χ1) is 18.4. The van der Waals surface area contributed by atoms with Crippen LogP contribution in [0.3, 0.4) is 0 Å². The topological polar surface area (TPSA) is 88.1 Å². The minimum Gasteiger partial charge on any atom is -0.494 e. The van der Waals surface area contributed by atoms with Gasteiger partial charge in [-0.2, -0.15) is 0 Å². The molecule has 3 aromatic rings. The van der Waals surface area contributed by atoms with Crippen molar-refractivity contribution >= 4 is 17.9 Å². The Labute approximate surface area is 221 Å². The number of benzene rings is 3. The molecule has 0 radical (unpaired) electrons. The number of esters is 3. The van der Waals surface area contributed by atoms with E-state index in [1.165, 1.54) is 0 Å². The van der Waals surface area contributed by atoms with Crippen molar-refractivity contribution in [3.63, 3.8) is 0 Å². The fraction of sp³-hybridized carbons (Fsp3) is 0.194. The van der Waals surface area contributed by atoms with Crippen LogP contribution in [0.25, 0.3) is 11.1 Å². The molecule has 0 bridgehead atoms. The molecule has 1 fully saturated rings. The van der Waals surface area contributed by atoms with E-state index in [1.54, 1.807) is 48.5 Å². The first-order valence-corrected chi connectivity index (χ1v) is 12.3. The van der Waals surface area contributed by atoms with Crippen molar-refractivity contribution in [3.8, 4) is 28.4 Å². The van der Waals surface area contributed by atoms with E-state index < -0.39 is 11.9 Å². The van der Waals surface area contributed by atoms with Gasteiger partial charge in [-0.15, -0.1) is 0 Å². The maximum absolute atomic E-state index is 12.5. The maximum Gasteiger partial charge on any atom is 0.343 e. The Bertz CT molecular complexity index is 1290. The normalized spacial score (nSPS) is 14.5. The molecule has 1 unspecified atom stereocenters. The van der Waals surface area contributed by atoms with Gasteiger partial charge < -0.3 is 18.9 Å². The molecule has 1 heterocycles. The zero-order valence-electron chi connectivity index (χ0n) is 20.9. The zero-order valence-corrected chi connectivity index (χ0v) is 20.9. The number of unbranched alkanes of at least 4 members (excludes halogenated alkanes) is 1. The van der Waals surface area contributed by atoms with Gasteiger partial charge in [0.2, 0.25) is 0 Å². The molecule has 3 aromatic carbocycles. The Morgan fingerprint density at radius 1 is 0.842 bits per heavy atom. The Balaban J connectivity index is 1.21. The molecule has 38 heavy (non-hydrogen) atoms. The average Bonchev–Trinajstić information content (AvgIpc) is 3.26. The van der Waals surface area contributed by atoms with Gasteiger partial charge in [0, 0.05) is 18.1 Å². The van der Waals surface area contributed by atoms with E-state index in [0.29, 0.717) is 41.4 Å². The minimum absolute atomic E-state index is 0.0707. The highest BCUT2D eigenvalue weighted by Gasteiger charge is 2.26. The second-order valence-electron chi connectivity index (χ2n) is 8.77. The molecule has 0 aliphatic carbocycles. The molecule has 0 aromatic heterocycles. The van der Waals surface area contributed by atoms with Crippen LogP contribution in [0.15, 0.2) is 97.6 Å². The molecule has 194 valence electrons. The maximum atomic E-state index is 12.5. The van der Waals surface area contributed by atoms with Crippen LogP contribution in [0.5, 0.6) is 17.2 Å². The summed E-state index contributed by atoms with van der Waals surface area (Å²) in [5.41, 5.74) is 2.79. The molecule has 1 aliphatic heterocycles. The standard InChI is InChI=1S/C31H28O7/c1-3-29(32)36-26-15-7-22(8-16-26)23-9-17-27(18-10-23)37-31(34)24-11-13-25(14-12-24)35-19-5-4-6-28-20-21(2)30(33)38-28/h3,7-18,28H,1-2,4-6,19-20H2. The largest absolute Gasteiger partial charge is 0.494 e. The van der Waals surface area contributed by atoms with Crippen LogP contribution in [0, 0.1) is 0 Å². The third kappa shape index (κ3) is 7.20. The molecule has 7 nitrogen and oxygen atoms in total. The van der Waals surface area contributed by atoms with E-state index >= 15 is 0 Å². The first kappa shape index (κ1) is 26.4. The highest BCUT2D eigenvalue weighted by molar-refractivity contribution is 5.91. The third-order valence-corrected chi connectivity index (χ3v) is 5.95. The van der Waals surface area contributed by atoms with Crippen LogP contribution in [0.1, 0.15) is 36.0 Å². The number of carbonyl (C=O) groups excluding carboxylic acids is 3. The summed E-state index contributed by atoms with van der Waals surface area (Å²) in [6, 6.07) is 21.0. The summed E-state index contributed by atoms with van der Waals surface area (Å²) in [5, 5.41) is 0. The van der Waals surface area contributed by atoms with Gasteiger partial charge in [-0.25, -0.2) is 14.4 Å². The molecule has 1 atom stereocenters. The lowest BCUT2D eigenvalue weighted by Crippen LogP contribution is -2.08. The van der Waals surface area contributed by atoms with Crippen LogP contribution in [0.2, 0.25) is 0 Å². The van der Waals surface area contributed by atoms with Gasteiger partial charge in [-0.1, -0.05) is 37.4 Å². The predicted octanol–water partition coefficient (Wildman–Crippen LogP) is 6.09. The number of rotatable bonds is 11. The van der Waals surface area contributed by atoms with Crippen LogP contribution < -0.4 is 14.2 Å². The Hall–Kier alpha value is -4.65. The monoisotopic (exact) mass is 512 g/mol. The molecule has 0 N–H and O–H groups in total. The van der Waals surface area contributed by atoms with Crippen molar-refractivity contribution in [3.05, 3.63) is 103 Å². The van der Waals surface area contributed by atoms with E-state index in [9.17, 15) is 14.4 Å². The lowest BCUT2D eigenvalue weighted by Gasteiger charge is -2.10. The summed E-state index contributed by atoms with van der Waals surface area (Å²) in [5.74, 6) is 0.244. The van der Waals surface area contributed by atoms with E-state index in [-0.39, 0.29) is 12.1 Å². The fourth-order valence-electron chi connectivity index (χ4n) is 3.90. The second kappa shape index (κ2) is 12.5. The Morgan fingerprint density at radius 3 is 1.97 bits per heavy atom. The molecule has 7 heteroatoms. The predicted molar refractivity (Wildman–Crippen MR) is 142 cm³/mol. The molecular formula is C31H28O7. The van der Waals surface area contributed by atoms with Crippen molar-refractivity contribution in [2.24, 2.45) is 0 Å². The molecule has 1 aliphatic rings. The fourth-order valence-corrected chi connectivity index (χ4v) is 3.90. The summed E-state index contributed by atoms with van der Waals surface area (Å²) in [7, 11) is 0. The summed E-state index contributed by atoms with van der Waals surface area (Å²) >= 11 is 0. The number of hydrogen-bond donors (Lipinski definition) is 0. The van der Waals surface area contributed by atoms with Crippen LogP contribution in [-0.4, -0.2) is 30.6 Å². The van der Waals surface area contributed by atoms with Crippen molar-refractivity contribution in [2.75, 3.05) is 6.61 Å². The highest BCUT2D eigenvalue weighted by atomic mass is 16.6. The highest BCUT2D eigenvalue weighted by Crippen LogP contribution is 2.26. The molecule has 0 amide bonds. The number of carbonyl (C=O) groups is 3. The first-order valence-electron chi connectivity index (χ1n) is 12.3. The molecule has 4 rings (SSSR count). The molecular weight excluding hydrogens is 484 g/mol. The molecule has 0 spiro atoms. The van der Waals surface area contributed by atoms with Crippen LogP contribution in [-0.2, 0) is 14.3 Å². The van der Waals surface area contributed by atoms with Crippen molar-refractivity contribution in [2.45, 2.75) is 31.8 Å². The van der Waals surface area contributed by atoms with Crippen LogP contribution >= 0.6 is 0 Å². The van der Waals surface area contributed by atoms with Crippen molar-refractivity contribution in [1.82, 2.24) is 0 Å². The van der Waals surface area contributed by atoms with Gasteiger partial charge in [-0.3, -0.25) is 0 Å². The van der Waals surface area contributed by atoms with E-state index in [0.717, 1.165) is 36.5 Å². The quantitative estimate of drug-likeness (QED) is 0.133. The lowest BCUT2D eigenvalue weighted by molar-refractivity contribution is -0.139. The summed E-state index contributed by atoms with van der Waals surface area (Å²) in [6.45, 7) is 7.60. The van der Waals surface area contributed by atoms with Crippen LogP contribution in [0.4, 0.5) is 0 Å². The van der Waals surface area contributed by atoms with Gasteiger partial charge in [0.05, 0.1) is 12.2 Å². The third-order valence-electron chi connectivity index (χ3n) is 5.95. The van der Waals surface area contributed by atoms with Crippen molar-refractivity contribution in [1.29, 1.82) is 0 Å². The van der Waals surface area contributed by atoms with Crippen molar-refractivity contribution < 1.29 is 33.3 Å². The van der Waals surface area contributed by atoms with Gasteiger partial charge in [0.15, 0.2) is 0 Å². The smallest absolute Gasteiger partial charge is 0.343 e. The SMILES string of the molecule is C=CC(=O)Oc1ccc(-c2ccc(OC(=O)c3ccc(OCCCCC4CC(=C)C(=O)O4)cc3)cc2)cc1. The van der Waals surface area contributed by atoms with Gasteiger partial charge in [0.1, 0.15) is 23.4 Å². The number of cyclic esters (lactones) is 1. The van der Waals surface area contributed by atoms with E-state index in [1.807, 2.05) is 24.3 Å². The van der Waals surface area contributed by atoms with Gasteiger partial charge in [-0.05, 0) is 78.9 Å². The summed E-state index contributed by atoms with van der Waals surface area (Å²) in [4.78, 5) is 35.2. The summed E-state index contributed by atoms with van der Waals surface area (Å²) < 4.78 is 21.5. The van der Waals surface area contributed by atoms with Gasteiger partial charge in [0.25, 0.3) is 0 Å². The lowest BCUT2D eigenvalue weighted by atomic mass is 10.1. The Morgan fingerprint density at radius 2 is 1.42 bits per heavy atom. The molecule has 1 saturated heterocycles. The number of hydrogen-bond acceptors (Lipinski definition) is 7. The minimum atomic E-state index is -0.514. The van der Waals surface area contributed by atoms with Gasteiger partial charge >= 0.3 is 17.9 Å². The number of ether oxygens (including phenoxy) is 4. The van der Waals surface area contributed by atoms with E-state index in [2.05, 4.69) is 13.2 Å². The zero-order chi connectivity index (χ0) is 26.9. The molecule has 0 saturated carbocycles. The van der Waals surface area contributed by atoms with E-state index in [4.69, 9.17) is 18.9 Å². The Kier molecular flexibility index (Phi) is 8.72. The summed E-state index contributed by atoms with van der Waals surface area (Å²) in [6.07, 6.45) is 4.14. The second-order valence-corrected chi connectivity index (χ2v) is 8.77.